The van der Waals surface area contributed by atoms with Crippen LogP contribution in [0.2, 0.25) is 0 Å². The Morgan fingerprint density at radius 2 is 1.66 bits per heavy atom. The fourth-order valence-corrected chi connectivity index (χ4v) is 3.42. The minimum absolute atomic E-state index is 0.0942. The second-order valence-electron chi connectivity index (χ2n) is 10.8. The van der Waals surface area contributed by atoms with Crippen molar-refractivity contribution in [2.45, 2.75) is 60.1 Å². The quantitative estimate of drug-likeness (QED) is 0.458. The van der Waals surface area contributed by atoms with Gasteiger partial charge in [-0.3, -0.25) is 9.59 Å². The molecule has 0 radical (unpaired) electrons. The Hall–Kier alpha value is -3.75. The lowest BCUT2D eigenvalue weighted by molar-refractivity contribution is -0.129. The average molecular weight is 533 g/mol. The van der Waals surface area contributed by atoms with Crippen LogP contribution in [0, 0.1) is 17.0 Å². The Kier molecular flexibility index (Phi) is 12.1. The summed E-state index contributed by atoms with van der Waals surface area (Å²) in [6, 6.07) is 12.6. The molecule has 0 bridgehead atoms. The second kappa shape index (κ2) is 14.3. The molecule has 0 saturated carbocycles. The summed E-state index contributed by atoms with van der Waals surface area (Å²) in [5.41, 5.74) is 1.47. The van der Waals surface area contributed by atoms with Crippen LogP contribution in [0.4, 0.5) is 13.6 Å². The number of benzene rings is 2. The Morgan fingerprint density at radius 3 is 2.16 bits per heavy atom. The van der Waals surface area contributed by atoms with Gasteiger partial charge in [0, 0.05) is 25.6 Å². The number of ether oxygens (including phenoxy) is 1. The van der Waals surface area contributed by atoms with Gasteiger partial charge < -0.3 is 20.1 Å². The summed E-state index contributed by atoms with van der Waals surface area (Å²) < 4.78 is 32.5. The number of alkyl carbamates (subject to hydrolysis) is 1. The molecule has 1 aliphatic rings. The van der Waals surface area contributed by atoms with Crippen molar-refractivity contribution < 1.29 is 33.0 Å². The molecule has 208 valence electrons. The van der Waals surface area contributed by atoms with Crippen molar-refractivity contribution in [3.63, 3.8) is 0 Å². The molecule has 1 heterocycles. The topological polar surface area (TPSA) is 95.9 Å². The maximum absolute atomic E-state index is 14.0. The van der Waals surface area contributed by atoms with Gasteiger partial charge in [-0.25, -0.2) is 13.6 Å². The largest absolute Gasteiger partial charge is 0.483 e. The minimum Gasteiger partial charge on any atom is -0.483 e. The maximum Gasteiger partial charge on any atom is 0.407 e. The van der Waals surface area contributed by atoms with Gasteiger partial charge in [-0.15, -0.1) is 0 Å². The number of carbonyl (C=O) groups excluding carboxylic acids is 2. The van der Waals surface area contributed by atoms with E-state index in [9.17, 15) is 18.4 Å². The minimum atomic E-state index is -0.491. The molecule has 1 aliphatic heterocycles. The zero-order chi connectivity index (χ0) is 29.1. The zero-order valence-electron chi connectivity index (χ0n) is 23.0. The van der Waals surface area contributed by atoms with Gasteiger partial charge in [-0.1, -0.05) is 57.2 Å². The molecular weight excluding hydrogens is 494 g/mol. The number of nitrogens with one attached hydrogen (secondary N) is 1. The Morgan fingerprint density at radius 1 is 1.08 bits per heavy atom. The molecule has 38 heavy (non-hydrogen) atoms. The van der Waals surface area contributed by atoms with E-state index in [0.29, 0.717) is 12.1 Å². The molecule has 0 saturated heterocycles. The summed E-state index contributed by atoms with van der Waals surface area (Å²) in [5.74, 6) is -1.07. The first kappa shape index (κ1) is 32.3. The second-order valence-corrected chi connectivity index (χ2v) is 10.8. The van der Waals surface area contributed by atoms with Crippen LogP contribution in [0.25, 0.3) is 5.57 Å². The number of amides is 2. The number of nitrogens with zero attached hydrogens (tertiary/aromatic N) is 1. The normalized spacial score (nSPS) is 14.7. The summed E-state index contributed by atoms with van der Waals surface area (Å²) in [6.07, 6.45) is 1.48. The molecule has 0 aliphatic carbocycles. The summed E-state index contributed by atoms with van der Waals surface area (Å²) in [7, 11) is 0. The number of halogens is 2. The van der Waals surface area contributed by atoms with Crippen LogP contribution in [-0.2, 0) is 14.3 Å². The van der Waals surface area contributed by atoms with Gasteiger partial charge in [0.1, 0.15) is 17.2 Å². The van der Waals surface area contributed by atoms with Crippen LogP contribution in [0.5, 0.6) is 0 Å². The molecule has 0 unspecified atom stereocenters. The van der Waals surface area contributed by atoms with Crippen molar-refractivity contribution in [2.75, 3.05) is 13.1 Å². The van der Waals surface area contributed by atoms with Gasteiger partial charge in [0.25, 0.3) is 6.47 Å². The molecule has 0 fully saturated rings. The molecule has 1 atom stereocenters. The highest BCUT2D eigenvalue weighted by molar-refractivity contribution is 5.81. The van der Waals surface area contributed by atoms with Crippen LogP contribution in [0.15, 0.2) is 54.6 Å². The maximum atomic E-state index is 14.0. The van der Waals surface area contributed by atoms with Gasteiger partial charge >= 0.3 is 6.09 Å². The predicted octanol–water partition coefficient (Wildman–Crippen LogP) is 6.21. The average Bonchev–Trinajstić information content (AvgIpc) is 3.25. The third kappa shape index (κ3) is 11.5. The van der Waals surface area contributed by atoms with Crippen molar-refractivity contribution in [3.8, 4) is 0 Å². The zero-order valence-corrected chi connectivity index (χ0v) is 23.0. The highest BCUT2D eigenvalue weighted by Gasteiger charge is 2.29. The first-order chi connectivity index (χ1) is 17.6. The highest BCUT2D eigenvalue weighted by Crippen LogP contribution is 2.35. The number of carbonyl (C=O) groups is 3. The fourth-order valence-electron chi connectivity index (χ4n) is 3.42. The predicted molar refractivity (Wildman–Crippen MR) is 143 cm³/mol. The van der Waals surface area contributed by atoms with Gasteiger partial charge in [-0.05, 0) is 55.5 Å². The lowest BCUT2D eigenvalue weighted by Crippen LogP contribution is -2.37. The molecule has 2 aromatic rings. The highest BCUT2D eigenvalue weighted by atomic mass is 19.1. The van der Waals surface area contributed by atoms with E-state index in [4.69, 9.17) is 14.6 Å². The Bertz CT molecular complexity index is 1110. The summed E-state index contributed by atoms with van der Waals surface area (Å²) >= 11 is 0. The molecule has 2 N–H and O–H groups in total. The molecule has 7 nitrogen and oxygen atoms in total. The van der Waals surface area contributed by atoms with Crippen molar-refractivity contribution in [1.82, 2.24) is 10.2 Å². The first-order valence-corrected chi connectivity index (χ1v) is 12.1. The van der Waals surface area contributed by atoms with Crippen LogP contribution in [0.3, 0.4) is 0 Å². The van der Waals surface area contributed by atoms with E-state index < -0.39 is 17.2 Å². The van der Waals surface area contributed by atoms with Gasteiger partial charge in [0.2, 0.25) is 5.91 Å². The van der Waals surface area contributed by atoms with Gasteiger partial charge in [0.05, 0.1) is 6.04 Å². The lowest BCUT2D eigenvalue weighted by Gasteiger charge is -2.23. The number of hydrogen-bond donors (Lipinski definition) is 2. The molecular formula is C29H38F2N2O5. The van der Waals surface area contributed by atoms with Crippen molar-refractivity contribution in [3.05, 3.63) is 77.4 Å². The van der Waals surface area contributed by atoms with Crippen LogP contribution < -0.4 is 5.32 Å². The van der Waals surface area contributed by atoms with Crippen molar-refractivity contribution in [1.29, 1.82) is 0 Å². The Balaban J connectivity index is 0.000000387. The van der Waals surface area contributed by atoms with E-state index in [1.165, 1.54) is 13.0 Å². The van der Waals surface area contributed by atoms with E-state index in [1.807, 2.05) is 57.2 Å². The number of carboxylic acid groups (broad SMARTS) is 1. The SMILES string of the molecule is CC(=O)N1CC(c2cc(F)ccc2F)=C[C@H]1c1ccccc1.CC(C)(C)CNC(=O)OC(C)(C)C.O=CO. The summed E-state index contributed by atoms with van der Waals surface area (Å²) in [4.78, 5) is 33.1. The molecule has 2 amide bonds. The van der Waals surface area contributed by atoms with Gasteiger partial charge in [0.15, 0.2) is 0 Å². The monoisotopic (exact) mass is 532 g/mol. The van der Waals surface area contributed by atoms with E-state index in [-0.39, 0.29) is 42.0 Å². The summed E-state index contributed by atoms with van der Waals surface area (Å²) in [6.45, 7) is 13.9. The Labute approximate surface area is 223 Å². The van der Waals surface area contributed by atoms with E-state index in [1.54, 1.807) is 4.90 Å². The van der Waals surface area contributed by atoms with Crippen LogP contribution >= 0.6 is 0 Å². The number of rotatable bonds is 3. The molecule has 9 heteroatoms. The molecule has 2 aromatic carbocycles. The third-order valence-electron chi connectivity index (χ3n) is 5.02. The smallest absolute Gasteiger partial charge is 0.407 e. The van der Waals surface area contributed by atoms with Crippen molar-refractivity contribution in [2.24, 2.45) is 5.41 Å². The molecule has 3 rings (SSSR count). The fraction of sp³-hybridized carbons (Fsp3) is 0.414. The van der Waals surface area contributed by atoms with E-state index in [0.717, 1.165) is 17.7 Å². The third-order valence-corrected chi connectivity index (χ3v) is 5.02. The number of hydrogen-bond acceptors (Lipinski definition) is 4. The molecule has 0 aromatic heterocycles. The van der Waals surface area contributed by atoms with Gasteiger partial charge in [-0.2, -0.15) is 0 Å². The first-order valence-electron chi connectivity index (χ1n) is 12.1. The van der Waals surface area contributed by atoms with E-state index >= 15 is 0 Å². The van der Waals surface area contributed by atoms with Crippen LogP contribution in [0.1, 0.15) is 65.6 Å². The van der Waals surface area contributed by atoms with E-state index in [2.05, 4.69) is 26.1 Å². The standard InChI is InChI=1S/C18H15F2NO.C10H21NO2.CH2O2/c1-12(22)21-11-14(16-10-15(19)7-8-17(16)20)9-18(21)13-5-3-2-4-6-13;1-9(2,3)7-11-8(12)13-10(4,5)6;2-1-3/h2-10,18H,11H2,1H3;7H2,1-6H3,(H,11,12);1H,(H,2,3)/t18-;;/m0../s1. The lowest BCUT2D eigenvalue weighted by atomic mass is 9.97. The molecule has 0 spiro atoms. The van der Waals surface area contributed by atoms with Crippen molar-refractivity contribution >= 4 is 24.0 Å². The summed E-state index contributed by atoms with van der Waals surface area (Å²) in [5, 5.41) is 9.61. The van der Waals surface area contributed by atoms with Crippen LogP contribution in [-0.4, -0.2) is 47.2 Å².